The molecule has 0 spiro atoms. The highest BCUT2D eigenvalue weighted by Gasteiger charge is 2.30. The first-order valence-corrected chi connectivity index (χ1v) is 8.72. The van der Waals surface area contributed by atoms with Crippen LogP contribution in [0.1, 0.15) is 61.1 Å². The van der Waals surface area contributed by atoms with E-state index in [2.05, 4.69) is 11.4 Å². The molecule has 2 N–H and O–H groups in total. The number of carboxylic acid groups (broad SMARTS) is 1. The van der Waals surface area contributed by atoms with Crippen molar-refractivity contribution in [2.24, 2.45) is 0 Å². The summed E-state index contributed by atoms with van der Waals surface area (Å²) >= 11 is 0. The molecule has 1 aromatic rings. The lowest BCUT2D eigenvalue weighted by Crippen LogP contribution is -2.31. The first kappa shape index (κ1) is 18.3. The zero-order chi connectivity index (χ0) is 17.5. The van der Waals surface area contributed by atoms with Gasteiger partial charge in [0.25, 0.3) is 0 Å². The average Bonchev–Trinajstić information content (AvgIpc) is 2.92. The number of nitrogens with one attached hydrogen (secondary N) is 1. The number of ether oxygens (including phenoxy) is 1. The molecule has 24 heavy (non-hydrogen) atoms. The van der Waals surface area contributed by atoms with Crippen molar-refractivity contribution >= 4 is 11.9 Å². The van der Waals surface area contributed by atoms with Crippen LogP contribution >= 0.6 is 0 Å². The van der Waals surface area contributed by atoms with Gasteiger partial charge in [0.1, 0.15) is 18.3 Å². The molecule has 1 aromatic carbocycles. The van der Waals surface area contributed by atoms with Gasteiger partial charge in [0.2, 0.25) is 5.91 Å². The maximum absolute atomic E-state index is 12.4. The predicted octanol–water partition coefficient (Wildman–Crippen LogP) is 3.32. The molecule has 5 nitrogen and oxygen atoms in total. The van der Waals surface area contributed by atoms with Crippen LogP contribution in [0, 0.1) is 13.8 Å². The van der Waals surface area contributed by atoms with Gasteiger partial charge in [0.15, 0.2) is 0 Å². The van der Waals surface area contributed by atoms with Gasteiger partial charge in [-0.15, -0.1) is 0 Å². The fraction of sp³-hybridized carbons (Fsp3) is 0.579. The van der Waals surface area contributed by atoms with Crippen LogP contribution in [0.2, 0.25) is 0 Å². The molecule has 0 radical (unpaired) electrons. The number of aryl methyl sites for hydroxylation is 2. The number of carbonyl (C=O) groups excluding carboxylic acids is 1. The maximum Gasteiger partial charge on any atom is 0.303 e. The van der Waals surface area contributed by atoms with Gasteiger partial charge < -0.3 is 15.2 Å². The molecule has 1 atom stereocenters. The summed E-state index contributed by atoms with van der Waals surface area (Å²) < 4.78 is 5.65. The smallest absolute Gasteiger partial charge is 0.303 e. The molecule has 1 aliphatic rings. The van der Waals surface area contributed by atoms with Crippen LogP contribution < -0.4 is 10.1 Å². The number of fused-ring (bicyclic) bond motifs is 1. The highest BCUT2D eigenvalue weighted by atomic mass is 16.5. The van der Waals surface area contributed by atoms with Gasteiger partial charge in [-0.2, -0.15) is 0 Å². The lowest BCUT2D eigenvalue weighted by molar-refractivity contribution is -0.137. The van der Waals surface area contributed by atoms with Crippen LogP contribution in [0.25, 0.3) is 0 Å². The second-order valence-corrected chi connectivity index (χ2v) is 6.54. The quantitative estimate of drug-likeness (QED) is 0.680. The zero-order valence-corrected chi connectivity index (χ0v) is 14.6. The van der Waals surface area contributed by atoms with E-state index in [1.165, 1.54) is 11.1 Å². The molecule has 1 aliphatic heterocycles. The van der Waals surface area contributed by atoms with Crippen molar-refractivity contribution in [3.8, 4) is 5.75 Å². The number of amides is 1. The summed E-state index contributed by atoms with van der Waals surface area (Å²) in [5.41, 5.74) is 3.35. The molecular formula is C19H27NO4. The molecule has 0 saturated carbocycles. The van der Waals surface area contributed by atoms with Crippen molar-refractivity contribution in [3.63, 3.8) is 0 Å². The summed E-state index contributed by atoms with van der Waals surface area (Å²) in [7, 11) is 0. The normalized spacial score (nSPS) is 15.7. The number of hydrogen-bond donors (Lipinski definition) is 2. The van der Waals surface area contributed by atoms with Crippen molar-refractivity contribution in [1.29, 1.82) is 0 Å². The Morgan fingerprint density at radius 3 is 2.54 bits per heavy atom. The first-order valence-electron chi connectivity index (χ1n) is 8.72. The lowest BCUT2D eigenvalue weighted by atomic mass is 9.96. The van der Waals surface area contributed by atoms with E-state index in [0.29, 0.717) is 13.2 Å². The SMILES string of the molecule is Cc1cc2c(cc1C)C(C(=O)NCCCCCCCC(=O)O)CO2. The lowest BCUT2D eigenvalue weighted by Gasteiger charge is -2.11. The third-order valence-electron chi connectivity index (χ3n) is 4.59. The Labute approximate surface area is 143 Å². The fourth-order valence-electron chi connectivity index (χ4n) is 2.96. The van der Waals surface area contributed by atoms with Crippen molar-refractivity contribution in [3.05, 3.63) is 28.8 Å². The second kappa shape index (κ2) is 8.71. The van der Waals surface area contributed by atoms with Gasteiger partial charge in [0, 0.05) is 18.5 Å². The van der Waals surface area contributed by atoms with Crippen LogP contribution in [0.3, 0.4) is 0 Å². The zero-order valence-electron chi connectivity index (χ0n) is 14.6. The molecule has 132 valence electrons. The molecule has 0 saturated heterocycles. The van der Waals surface area contributed by atoms with E-state index in [1.54, 1.807) is 0 Å². The van der Waals surface area contributed by atoms with Gasteiger partial charge in [-0.25, -0.2) is 0 Å². The highest BCUT2D eigenvalue weighted by Crippen LogP contribution is 2.36. The minimum Gasteiger partial charge on any atom is -0.492 e. The Morgan fingerprint density at radius 2 is 1.79 bits per heavy atom. The van der Waals surface area contributed by atoms with Crippen LogP contribution in [0.5, 0.6) is 5.75 Å². The predicted molar refractivity (Wildman–Crippen MR) is 92.5 cm³/mol. The van der Waals surface area contributed by atoms with Gasteiger partial charge >= 0.3 is 5.97 Å². The molecule has 1 amide bonds. The van der Waals surface area contributed by atoms with Gasteiger partial charge in [-0.05, 0) is 43.9 Å². The van der Waals surface area contributed by atoms with Crippen molar-refractivity contribution in [1.82, 2.24) is 5.32 Å². The molecule has 0 fully saturated rings. The van der Waals surface area contributed by atoms with Gasteiger partial charge in [-0.3, -0.25) is 9.59 Å². The number of carboxylic acids is 1. The minimum absolute atomic E-state index is 0.0304. The van der Waals surface area contributed by atoms with E-state index >= 15 is 0 Å². The van der Waals surface area contributed by atoms with E-state index in [1.807, 2.05) is 19.9 Å². The summed E-state index contributed by atoms with van der Waals surface area (Å²) in [6.07, 6.45) is 4.86. The van der Waals surface area contributed by atoms with E-state index in [0.717, 1.165) is 43.4 Å². The highest BCUT2D eigenvalue weighted by molar-refractivity contribution is 5.85. The number of benzene rings is 1. The van der Waals surface area contributed by atoms with Crippen molar-refractivity contribution in [2.45, 2.75) is 58.3 Å². The summed E-state index contributed by atoms with van der Waals surface area (Å²) in [4.78, 5) is 22.8. The Balaban J connectivity index is 1.68. The third kappa shape index (κ3) is 4.98. The summed E-state index contributed by atoms with van der Waals surface area (Å²) in [5, 5.41) is 11.6. The Kier molecular flexibility index (Phi) is 6.64. The number of unbranched alkanes of at least 4 members (excludes halogenated alkanes) is 4. The third-order valence-corrected chi connectivity index (χ3v) is 4.59. The monoisotopic (exact) mass is 333 g/mol. The van der Waals surface area contributed by atoms with Gasteiger partial charge in [-0.1, -0.05) is 25.3 Å². The molecule has 2 rings (SSSR count). The Bertz CT molecular complexity index is 597. The number of rotatable bonds is 9. The summed E-state index contributed by atoms with van der Waals surface area (Å²) in [6.45, 7) is 5.17. The molecule has 0 bridgehead atoms. The van der Waals surface area contributed by atoms with Crippen LogP contribution in [-0.2, 0) is 9.59 Å². The second-order valence-electron chi connectivity index (χ2n) is 6.54. The maximum atomic E-state index is 12.4. The van der Waals surface area contributed by atoms with Crippen LogP contribution in [-0.4, -0.2) is 30.1 Å². The standard InChI is InChI=1S/C19H27NO4/c1-13-10-15-16(12-24-17(15)11-14(13)2)19(23)20-9-7-5-3-4-6-8-18(21)22/h10-11,16H,3-9,12H2,1-2H3,(H,20,23)(H,21,22). The Hall–Kier alpha value is -2.04. The first-order chi connectivity index (χ1) is 11.5. The van der Waals surface area contributed by atoms with E-state index in [4.69, 9.17) is 9.84 Å². The van der Waals surface area contributed by atoms with Crippen molar-refractivity contribution in [2.75, 3.05) is 13.2 Å². The van der Waals surface area contributed by atoms with Gasteiger partial charge in [0.05, 0.1) is 0 Å². The Morgan fingerprint density at radius 1 is 1.12 bits per heavy atom. The number of hydrogen-bond acceptors (Lipinski definition) is 3. The van der Waals surface area contributed by atoms with E-state index in [-0.39, 0.29) is 18.2 Å². The largest absolute Gasteiger partial charge is 0.492 e. The van der Waals surface area contributed by atoms with E-state index in [9.17, 15) is 9.59 Å². The average molecular weight is 333 g/mol. The fourth-order valence-corrected chi connectivity index (χ4v) is 2.96. The number of aliphatic carboxylic acids is 1. The van der Waals surface area contributed by atoms with E-state index < -0.39 is 5.97 Å². The molecule has 1 heterocycles. The van der Waals surface area contributed by atoms with Crippen molar-refractivity contribution < 1.29 is 19.4 Å². The molecule has 0 aliphatic carbocycles. The minimum atomic E-state index is -0.730. The summed E-state index contributed by atoms with van der Waals surface area (Å²) in [5.74, 6) is -0.0822. The number of carbonyl (C=O) groups is 2. The molecule has 0 aromatic heterocycles. The summed E-state index contributed by atoms with van der Waals surface area (Å²) in [6, 6.07) is 4.07. The molecular weight excluding hydrogens is 306 g/mol. The topological polar surface area (TPSA) is 75.6 Å². The molecule has 1 unspecified atom stereocenters. The van der Waals surface area contributed by atoms with Crippen LogP contribution in [0.15, 0.2) is 12.1 Å². The van der Waals surface area contributed by atoms with Crippen LogP contribution in [0.4, 0.5) is 0 Å². The molecule has 5 heteroatoms.